The Bertz CT molecular complexity index is 683. The molecule has 1 aliphatic carbocycles. The normalized spacial score (nSPS) is 19.7. The van der Waals surface area contributed by atoms with E-state index in [0.29, 0.717) is 12.1 Å². The molecule has 2 N–H and O–H groups in total. The van der Waals surface area contributed by atoms with E-state index >= 15 is 0 Å². The molecule has 3 rings (SSSR count). The van der Waals surface area contributed by atoms with Crippen LogP contribution in [0.4, 0.5) is 0 Å². The molecular formula is C21H28Cl2N2O. The summed E-state index contributed by atoms with van der Waals surface area (Å²) in [6.45, 7) is 0.833. The minimum absolute atomic E-state index is 0. The zero-order valence-electron chi connectivity index (χ0n) is 15.4. The van der Waals surface area contributed by atoms with Crippen LogP contribution in [0.25, 0.3) is 11.1 Å². The van der Waals surface area contributed by atoms with Gasteiger partial charge in [0.05, 0.1) is 7.11 Å². The molecule has 5 heteroatoms. The summed E-state index contributed by atoms with van der Waals surface area (Å²) in [6, 6.07) is 15.6. The third-order valence-electron chi connectivity index (χ3n) is 5.17. The van der Waals surface area contributed by atoms with Gasteiger partial charge in [0.1, 0.15) is 5.75 Å². The van der Waals surface area contributed by atoms with Crippen LogP contribution in [0.3, 0.4) is 0 Å². The van der Waals surface area contributed by atoms with E-state index in [1.165, 1.54) is 42.4 Å². The van der Waals surface area contributed by atoms with Gasteiger partial charge in [-0.25, -0.2) is 0 Å². The van der Waals surface area contributed by atoms with E-state index in [2.05, 4.69) is 48.0 Å². The molecular weight excluding hydrogens is 367 g/mol. The average Bonchev–Trinajstić information content (AvgIpc) is 2.67. The highest BCUT2D eigenvalue weighted by molar-refractivity contribution is 6.30. The first-order chi connectivity index (χ1) is 12.2. The number of nitrogens with one attached hydrogen (secondary N) is 2. The predicted octanol–water partition coefficient (Wildman–Crippen LogP) is 5.06. The maximum Gasteiger partial charge on any atom is 0.123 e. The lowest BCUT2D eigenvalue weighted by molar-refractivity contribution is 0.315. The summed E-state index contributed by atoms with van der Waals surface area (Å²) >= 11 is 6.00. The van der Waals surface area contributed by atoms with Gasteiger partial charge in [-0.15, -0.1) is 12.4 Å². The summed E-state index contributed by atoms with van der Waals surface area (Å²) in [7, 11) is 3.80. The fourth-order valence-electron chi connectivity index (χ4n) is 3.58. The Morgan fingerprint density at radius 3 is 2.19 bits per heavy atom. The second-order valence-corrected chi connectivity index (χ2v) is 7.19. The Morgan fingerprint density at radius 2 is 1.58 bits per heavy atom. The van der Waals surface area contributed by atoms with Gasteiger partial charge in [0.15, 0.2) is 0 Å². The number of ether oxygens (including phenoxy) is 1. The molecule has 2 aromatic rings. The number of rotatable bonds is 6. The molecule has 142 valence electrons. The number of halogens is 2. The molecule has 3 nitrogen and oxygen atoms in total. The standard InChI is InChI=1S/C21H27ClN2O.ClH/c1-23-19-8-10-20(11-9-19)24-14-17-13-16(5-12-21(17)25-2)15-3-6-18(22)7-4-15;/h3-7,12-13,19-20,23-24H,8-11,14H2,1-2H3;1H. The number of hydrogen-bond donors (Lipinski definition) is 2. The number of hydrogen-bond acceptors (Lipinski definition) is 3. The van der Waals surface area contributed by atoms with Gasteiger partial charge in [-0.1, -0.05) is 29.8 Å². The molecule has 1 fully saturated rings. The number of methoxy groups -OCH3 is 1. The Morgan fingerprint density at radius 1 is 0.962 bits per heavy atom. The maximum atomic E-state index is 6.00. The third kappa shape index (κ3) is 5.37. The van der Waals surface area contributed by atoms with Gasteiger partial charge < -0.3 is 15.4 Å². The molecule has 0 saturated heterocycles. The molecule has 1 saturated carbocycles. The molecule has 0 amide bonds. The van der Waals surface area contributed by atoms with Crippen LogP contribution in [0.15, 0.2) is 42.5 Å². The first kappa shape index (κ1) is 21.0. The molecule has 0 aromatic heterocycles. The van der Waals surface area contributed by atoms with Crippen LogP contribution < -0.4 is 15.4 Å². The molecule has 0 radical (unpaired) electrons. The van der Waals surface area contributed by atoms with Crippen molar-refractivity contribution in [3.05, 3.63) is 53.1 Å². The highest BCUT2D eigenvalue weighted by atomic mass is 35.5. The molecule has 2 aromatic carbocycles. The fraction of sp³-hybridized carbons (Fsp3) is 0.429. The minimum Gasteiger partial charge on any atom is -0.496 e. The van der Waals surface area contributed by atoms with Crippen molar-refractivity contribution < 1.29 is 4.74 Å². The van der Waals surface area contributed by atoms with Crippen molar-refractivity contribution in [2.45, 2.75) is 44.3 Å². The Kier molecular flexibility index (Phi) is 8.23. The summed E-state index contributed by atoms with van der Waals surface area (Å²) < 4.78 is 5.56. The van der Waals surface area contributed by atoms with Crippen molar-refractivity contribution in [1.29, 1.82) is 0 Å². The van der Waals surface area contributed by atoms with Gasteiger partial charge in [-0.2, -0.15) is 0 Å². The average molecular weight is 395 g/mol. The van der Waals surface area contributed by atoms with Gasteiger partial charge in [0.2, 0.25) is 0 Å². The van der Waals surface area contributed by atoms with Crippen LogP contribution in [-0.4, -0.2) is 26.2 Å². The van der Waals surface area contributed by atoms with Crippen molar-refractivity contribution in [2.75, 3.05) is 14.2 Å². The fourth-order valence-corrected chi connectivity index (χ4v) is 3.71. The van der Waals surface area contributed by atoms with Gasteiger partial charge >= 0.3 is 0 Å². The third-order valence-corrected chi connectivity index (χ3v) is 5.43. The summed E-state index contributed by atoms with van der Waals surface area (Å²) in [6.07, 6.45) is 4.95. The van der Waals surface area contributed by atoms with Crippen LogP contribution >= 0.6 is 24.0 Å². The van der Waals surface area contributed by atoms with E-state index in [-0.39, 0.29) is 12.4 Å². The number of benzene rings is 2. The van der Waals surface area contributed by atoms with E-state index in [1.54, 1.807) is 7.11 Å². The van der Waals surface area contributed by atoms with Crippen molar-refractivity contribution in [2.24, 2.45) is 0 Å². The summed E-state index contributed by atoms with van der Waals surface area (Å²) in [5.74, 6) is 0.939. The lowest BCUT2D eigenvalue weighted by atomic mass is 9.91. The first-order valence-corrected chi connectivity index (χ1v) is 9.41. The van der Waals surface area contributed by atoms with Crippen molar-refractivity contribution in [3.8, 4) is 16.9 Å². The Labute approximate surface area is 167 Å². The van der Waals surface area contributed by atoms with Crippen LogP contribution in [-0.2, 0) is 6.54 Å². The topological polar surface area (TPSA) is 33.3 Å². The summed E-state index contributed by atoms with van der Waals surface area (Å²) in [5, 5.41) is 7.87. The second kappa shape index (κ2) is 10.2. The summed E-state index contributed by atoms with van der Waals surface area (Å²) in [4.78, 5) is 0. The Hall–Kier alpha value is -1.26. The largest absolute Gasteiger partial charge is 0.496 e. The second-order valence-electron chi connectivity index (χ2n) is 6.75. The van der Waals surface area contributed by atoms with Gasteiger partial charge in [0, 0.05) is 29.2 Å². The van der Waals surface area contributed by atoms with Crippen molar-refractivity contribution in [1.82, 2.24) is 10.6 Å². The maximum absolute atomic E-state index is 6.00. The Balaban J connectivity index is 0.00000243. The van der Waals surface area contributed by atoms with Crippen LogP contribution in [0.5, 0.6) is 5.75 Å². The van der Waals surface area contributed by atoms with E-state index in [0.717, 1.165) is 17.3 Å². The molecule has 0 aliphatic heterocycles. The van der Waals surface area contributed by atoms with E-state index < -0.39 is 0 Å². The molecule has 1 aliphatic rings. The molecule has 0 unspecified atom stereocenters. The zero-order chi connectivity index (χ0) is 17.6. The van der Waals surface area contributed by atoms with Crippen molar-refractivity contribution >= 4 is 24.0 Å². The molecule has 0 atom stereocenters. The van der Waals surface area contributed by atoms with E-state index in [1.807, 2.05) is 12.1 Å². The monoisotopic (exact) mass is 394 g/mol. The van der Waals surface area contributed by atoms with Crippen LogP contribution in [0, 0.1) is 0 Å². The summed E-state index contributed by atoms with van der Waals surface area (Å²) in [5.41, 5.74) is 3.56. The smallest absolute Gasteiger partial charge is 0.123 e. The van der Waals surface area contributed by atoms with Gasteiger partial charge in [0.25, 0.3) is 0 Å². The first-order valence-electron chi connectivity index (χ1n) is 9.03. The van der Waals surface area contributed by atoms with E-state index in [9.17, 15) is 0 Å². The van der Waals surface area contributed by atoms with Crippen LogP contribution in [0.1, 0.15) is 31.2 Å². The quantitative estimate of drug-likeness (QED) is 0.718. The minimum atomic E-state index is 0. The SMILES string of the molecule is CNC1CCC(NCc2cc(-c3ccc(Cl)cc3)ccc2OC)CC1.Cl. The van der Waals surface area contributed by atoms with E-state index in [4.69, 9.17) is 16.3 Å². The molecule has 0 heterocycles. The highest BCUT2D eigenvalue weighted by Gasteiger charge is 2.19. The lowest BCUT2D eigenvalue weighted by Gasteiger charge is -2.29. The van der Waals surface area contributed by atoms with Crippen molar-refractivity contribution in [3.63, 3.8) is 0 Å². The molecule has 26 heavy (non-hydrogen) atoms. The molecule has 0 bridgehead atoms. The lowest BCUT2D eigenvalue weighted by Crippen LogP contribution is -2.38. The zero-order valence-corrected chi connectivity index (χ0v) is 17.0. The molecule has 0 spiro atoms. The van der Waals surface area contributed by atoms with Gasteiger partial charge in [-0.05, 0) is 68.1 Å². The predicted molar refractivity (Wildman–Crippen MR) is 113 cm³/mol. The van der Waals surface area contributed by atoms with Gasteiger partial charge in [-0.3, -0.25) is 0 Å². The highest BCUT2D eigenvalue weighted by Crippen LogP contribution is 2.28. The van der Waals surface area contributed by atoms with Crippen LogP contribution in [0.2, 0.25) is 5.02 Å².